The van der Waals surface area contributed by atoms with Gasteiger partial charge in [-0.1, -0.05) is 32.1 Å². The maximum absolute atomic E-state index is 9.79. The topological polar surface area (TPSA) is 46.2 Å². The van der Waals surface area contributed by atoms with Crippen molar-refractivity contribution in [3.8, 4) is 0 Å². The molecule has 14 heavy (non-hydrogen) atoms. The van der Waals surface area contributed by atoms with E-state index in [1.54, 1.807) is 0 Å². The molecule has 2 saturated carbocycles. The highest BCUT2D eigenvalue weighted by atomic mass is 16.3. The fourth-order valence-corrected chi connectivity index (χ4v) is 2.52. The largest absolute Gasteiger partial charge is 0.392 e. The van der Waals surface area contributed by atoms with E-state index in [-0.39, 0.29) is 11.6 Å². The summed E-state index contributed by atoms with van der Waals surface area (Å²) in [5.41, 5.74) is 6.06. The normalized spacial score (nSPS) is 29.4. The van der Waals surface area contributed by atoms with Gasteiger partial charge in [0.1, 0.15) is 0 Å². The zero-order chi connectivity index (χ0) is 10.2. The quantitative estimate of drug-likeness (QED) is 0.708. The molecule has 2 aliphatic carbocycles. The summed E-state index contributed by atoms with van der Waals surface area (Å²) in [6, 6.07) is 0. The number of hydrogen-bond acceptors (Lipinski definition) is 2. The van der Waals surface area contributed by atoms with Crippen LogP contribution in [-0.2, 0) is 0 Å². The molecule has 2 rings (SSSR count). The van der Waals surface area contributed by atoms with E-state index in [0.717, 1.165) is 24.7 Å². The third-order valence-electron chi connectivity index (χ3n) is 4.09. The Morgan fingerprint density at radius 2 is 1.71 bits per heavy atom. The molecule has 2 heteroatoms. The first-order valence-corrected chi connectivity index (χ1v) is 6.07. The highest BCUT2D eigenvalue weighted by Crippen LogP contribution is 2.42. The van der Waals surface area contributed by atoms with Crippen LogP contribution in [0.1, 0.15) is 51.9 Å². The van der Waals surface area contributed by atoms with Gasteiger partial charge in [-0.2, -0.15) is 0 Å². The van der Waals surface area contributed by atoms with Crippen LogP contribution >= 0.6 is 0 Å². The summed E-state index contributed by atoms with van der Waals surface area (Å²) in [5.74, 6) is 1.61. The first-order valence-electron chi connectivity index (χ1n) is 6.07. The van der Waals surface area contributed by atoms with Crippen molar-refractivity contribution in [1.82, 2.24) is 0 Å². The van der Waals surface area contributed by atoms with E-state index in [1.165, 1.54) is 32.1 Å². The first kappa shape index (κ1) is 10.4. The minimum atomic E-state index is -0.344. The van der Waals surface area contributed by atoms with E-state index in [4.69, 9.17) is 5.73 Å². The molecule has 82 valence electrons. The van der Waals surface area contributed by atoms with Crippen molar-refractivity contribution in [1.29, 1.82) is 0 Å². The summed E-state index contributed by atoms with van der Waals surface area (Å²) in [6.07, 6.45) is 8.43. The number of aliphatic hydroxyl groups is 1. The van der Waals surface area contributed by atoms with Crippen molar-refractivity contribution >= 4 is 0 Å². The van der Waals surface area contributed by atoms with Gasteiger partial charge in [-0.05, 0) is 31.6 Å². The number of nitrogens with two attached hydrogens (primary N) is 1. The summed E-state index contributed by atoms with van der Waals surface area (Å²) in [5, 5.41) is 9.79. The third kappa shape index (κ3) is 2.29. The molecule has 0 amide bonds. The van der Waals surface area contributed by atoms with E-state index in [2.05, 4.69) is 0 Å². The molecule has 2 fully saturated rings. The van der Waals surface area contributed by atoms with Crippen molar-refractivity contribution in [2.75, 3.05) is 0 Å². The molecular formula is C12H23NO. The maximum atomic E-state index is 9.79. The second-order valence-corrected chi connectivity index (χ2v) is 5.56. The molecule has 0 saturated heterocycles. The van der Waals surface area contributed by atoms with Crippen molar-refractivity contribution in [2.45, 2.75) is 63.5 Å². The molecule has 0 aliphatic heterocycles. The molecular weight excluding hydrogens is 174 g/mol. The predicted octanol–water partition coefficient (Wildman–Crippen LogP) is 2.05. The Balaban J connectivity index is 1.88. The summed E-state index contributed by atoms with van der Waals surface area (Å²) in [6.45, 7) is 1.86. The molecule has 2 unspecified atom stereocenters. The number of aliphatic hydroxyl groups excluding tert-OH is 1. The number of rotatable bonds is 5. The van der Waals surface area contributed by atoms with Gasteiger partial charge in [-0.3, -0.25) is 0 Å². The van der Waals surface area contributed by atoms with Gasteiger partial charge in [0.2, 0.25) is 0 Å². The van der Waals surface area contributed by atoms with Crippen LogP contribution in [0.4, 0.5) is 0 Å². The van der Waals surface area contributed by atoms with E-state index < -0.39 is 0 Å². The van der Waals surface area contributed by atoms with Gasteiger partial charge in [0, 0.05) is 5.54 Å². The molecule has 0 heterocycles. The van der Waals surface area contributed by atoms with Gasteiger partial charge >= 0.3 is 0 Å². The lowest BCUT2D eigenvalue weighted by atomic mass is 9.72. The van der Waals surface area contributed by atoms with Crippen LogP contribution in [0.5, 0.6) is 0 Å². The molecule has 0 spiro atoms. The summed E-state index contributed by atoms with van der Waals surface area (Å²) in [4.78, 5) is 0. The van der Waals surface area contributed by atoms with Crippen molar-refractivity contribution in [3.63, 3.8) is 0 Å². The Hall–Kier alpha value is -0.0800. The smallest absolute Gasteiger partial charge is 0.0691 e. The molecule has 0 bridgehead atoms. The Morgan fingerprint density at radius 3 is 2.00 bits per heavy atom. The lowest BCUT2D eigenvalue weighted by Crippen LogP contribution is -2.51. The second-order valence-electron chi connectivity index (χ2n) is 5.56. The lowest BCUT2D eigenvalue weighted by molar-refractivity contribution is 0.0607. The average Bonchev–Trinajstić information content (AvgIpc) is 2.81. The molecule has 0 radical (unpaired) electrons. The van der Waals surface area contributed by atoms with E-state index in [1.807, 2.05) is 6.92 Å². The molecule has 0 aromatic carbocycles. The first-order chi connectivity index (χ1) is 6.60. The highest BCUT2D eigenvalue weighted by Gasteiger charge is 2.39. The van der Waals surface area contributed by atoms with E-state index in [9.17, 15) is 5.11 Å². The Morgan fingerprint density at radius 1 is 1.21 bits per heavy atom. The zero-order valence-corrected chi connectivity index (χ0v) is 9.21. The fourth-order valence-electron chi connectivity index (χ4n) is 2.52. The fraction of sp³-hybridized carbons (Fsp3) is 1.00. The minimum absolute atomic E-state index is 0.285. The number of hydrogen-bond donors (Lipinski definition) is 2. The van der Waals surface area contributed by atoms with Crippen LogP contribution < -0.4 is 5.73 Å². The third-order valence-corrected chi connectivity index (χ3v) is 4.09. The van der Waals surface area contributed by atoms with Crippen molar-refractivity contribution in [2.24, 2.45) is 17.6 Å². The van der Waals surface area contributed by atoms with Gasteiger partial charge in [0.25, 0.3) is 0 Å². The SMILES string of the molecule is CC(O)C(N)(CC1CCC1)CC1CC1. The lowest BCUT2D eigenvalue weighted by Gasteiger charge is -2.39. The van der Waals surface area contributed by atoms with Gasteiger partial charge in [0.05, 0.1) is 6.10 Å². The van der Waals surface area contributed by atoms with Gasteiger partial charge in [0.15, 0.2) is 0 Å². The average molecular weight is 197 g/mol. The maximum Gasteiger partial charge on any atom is 0.0691 e. The van der Waals surface area contributed by atoms with Gasteiger partial charge < -0.3 is 10.8 Å². The Labute approximate surface area is 86.9 Å². The van der Waals surface area contributed by atoms with Gasteiger partial charge in [-0.15, -0.1) is 0 Å². The van der Waals surface area contributed by atoms with Crippen molar-refractivity contribution < 1.29 is 5.11 Å². The second kappa shape index (κ2) is 3.82. The minimum Gasteiger partial charge on any atom is -0.392 e. The molecule has 0 aromatic heterocycles. The molecule has 2 nitrogen and oxygen atoms in total. The van der Waals surface area contributed by atoms with E-state index >= 15 is 0 Å². The molecule has 3 N–H and O–H groups in total. The summed E-state index contributed by atoms with van der Waals surface area (Å²) >= 11 is 0. The van der Waals surface area contributed by atoms with Crippen LogP contribution in [0.25, 0.3) is 0 Å². The van der Waals surface area contributed by atoms with E-state index in [0.29, 0.717) is 0 Å². The zero-order valence-electron chi connectivity index (χ0n) is 9.21. The Bertz CT molecular complexity index is 196. The predicted molar refractivity (Wildman–Crippen MR) is 57.9 cm³/mol. The van der Waals surface area contributed by atoms with Crippen molar-refractivity contribution in [3.05, 3.63) is 0 Å². The standard InChI is InChI=1S/C12H23NO/c1-9(14)12(13,8-11-5-6-11)7-10-3-2-4-10/h9-11,14H,2-8,13H2,1H3. The monoisotopic (exact) mass is 197 g/mol. The molecule has 2 atom stereocenters. The Kier molecular flexibility index (Phi) is 2.85. The highest BCUT2D eigenvalue weighted by molar-refractivity contribution is 4.97. The van der Waals surface area contributed by atoms with Gasteiger partial charge in [-0.25, -0.2) is 0 Å². The van der Waals surface area contributed by atoms with Crippen LogP contribution in [0, 0.1) is 11.8 Å². The molecule has 2 aliphatic rings. The van der Waals surface area contributed by atoms with Crippen LogP contribution in [0.2, 0.25) is 0 Å². The van der Waals surface area contributed by atoms with Crippen LogP contribution in [-0.4, -0.2) is 16.7 Å². The van der Waals surface area contributed by atoms with Crippen LogP contribution in [0.15, 0.2) is 0 Å². The van der Waals surface area contributed by atoms with Crippen LogP contribution in [0.3, 0.4) is 0 Å². The molecule has 0 aromatic rings. The summed E-state index contributed by atoms with van der Waals surface area (Å²) < 4.78 is 0. The summed E-state index contributed by atoms with van der Waals surface area (Å²) in [7, 11) is 0.